The fourth-order valence-electron chi connectivity index (χ4n) is 1.90. The zero-order valence-corrected chi connectivity index (χ0v) is 10.2. The third-order valence-corrected chi connectivity index (χ3v) is 7.31. The van der Waals surface area contributed by atoms with Crippen LogP contribution in [0, 0.1) is 0 Å². The van der Waals surface area contributed by atoms with Gasteiger partial charge in [-0.15, -0.1) is 0 Å². The van der Waals surface area contributed by atoms with E-state index >= 15 is 0 Å². The molecule has 0 saturated heterocycles. The van der Waals surface area contributed by atoms with Gasteiger partial charge in [-0.2, -0.15) is 0 Å². The summed E-state index contributed by atoms with van der Waals surface area (Å²) in [5, 5.41) is 0. The van der Waals surface area contributed by atoms with Gasteiger partial charge in [0.15, 0.2) is 0 Å². The molecule has 0 spiro atoms. The molecule has 15 heavy (non-hydrogen) atoms. The molecule has 1 aliphatic heterocycles. The molecular weight excluding hydrogens is 243 g/mol. The summed E-state index contributed by atoms with van der Waals surface area (Å²) in [5.41, 5.74) is 1.42. The van der Waals surface area contributed by atoms with Crippen LogP contribution in [0.3, 0.4) is 0 Å². The van der Waals surface area contributed by atoms with Crippen molar-refractivity contribution in [2.45, 2.75) is 0 Å². The van der Waals surface area contributed by atoms with Gasteiger partial charge in [-0.05, 0) is 0 Å². The molecule has 1 heterocycles. The molecule has 0 aromatic heterocycles. The predicted octanol–water partition coefficient (Wildman–Crippen LogP) is 1.86. The molecule has 1 atom stereocenters. The van der Waals surface area contributed by atoms with Gasteiger partial charge in [0.2, 0.25) is 0 Å². The van der Waals surface area contributed by atoms with Gasteiger partial charge in [-0.1, -0.05) is 0 Å². The first-order valence-corrected chi connectivity index (χ1v) is 8.03. The molecule has 0 nitrogen and oxygen atoms in total. The first kappa shape index (κ1) is 9.00. The zero-order valence-electron chi connectivity index (χ0n) is 8.30. The van der Waals surface area contributed by atoms with Gasteiger partial charge in [-0.3, -0.25) is 0 Å². The molecule has 2 aromatic carbocycles. The Bertz CT molecular complexity index is 500. The van der Waals surface area contributed by atoms with Crippen LogP contribution in [0.25, 0.3) is 6.08 Å². The number of hydrogen-bond acceptors (Lipinski definition) is 0. The molecule has 1 heteroatoms. The van der Waals surface area contributed by atoms with E-state index in [4.69, 9.17) is 0 Å². The Labute approximate surface area is 94.5 Å². The van der Waals surface area contributed by atoms with Gasteiger partial charge in [0.1, 0.15) is 0 Å². The Balaban J connectivity index is 2.09. The average Bonchev–Trinajstić information content (AvgIpc) is 2.74. The number of rotatable bonds is 1. The second kappa shape index (κ2) is 3.71. The Hall–Kier alpha value is -1.26. The standard InChI is InChI=1S/C14H11As/c1-2-7-13(8-3-1)15-11-10-12-6-4-5-9-14(12)15/h1-11H. The molecule has 0 bridgehead atoms. The van der Waals surface area contributed by atoms with E-state index in [9.17, 15) is 0 Å². The average molecular weight is 254 g/mol. The molecule has 0 radical (unpaired) electrons. The molecule has 0 amide bonds. The predicted molar refractivity (Wildman–Crippen MR) is 66.9 cm³/mol. The van der Waals surface area contributed by atoms with Crippen molar-refractivity contribution in [2.75, 3.05) is 0 Å². The van der Waals surface area contributed by atoms with Gasteiger partial charge >= 0.3 is 94.5 Å². The normalized spacial score (nSPS) is 17.7. The van der Waals surface area contributed by atoms with Crippen LogP contribution in [0.2, 0.25) is 0 Å². The van der Waals surface area contributed by atoms with E-state index in [1.54, 1.807) is 4.35 Å². The van der Waals surface area contributed by atoms with Crippen LogP contribution in [0.15, 0.2) is 59.5 Å². The van der Waals surface area contributed by atoms with Crippen LogP contribution in [0.4, 0.5) is 0 Å². The molecule has 72 valence electrons. The monoisotopic (exact) mass is 254 g/mol. The molecule has 1 unspecified atom stereocenters. The second-order valence-electron chi connectivity index (χ2n) is 3.58. The number of fused-ring (bicyclic) bond motifs is 1. The van der Waals surface area contributed by atoms with Crippen molar-refractivity contribution in [3.8, 4) is 0 Å². The van der Waals surface area contributed by atoms with Gasteiger partial charge < -0.3 is 0 Å². The van der Waals surface area contributed by atoms with Crippen molar-refractivity contribution < 1.29 is 0 Å². The van der Waals surface area contributed by atoms with Crippen molar-refractivity contribution in [1.29, 1.82) is 0 Å². The van der Waals surface area contributed by atoms with Gasteiger partial charge in [-0.25, -0.2) is 0 Å². The third-order valence-electron chi connectivity index (χ3n) is 2.63. The summed E-state index contributed by atoms with van der Waals surface area (Å²) in [7, 11) is 0. The minimum absolute atomic E-state index is 1.09. The van der Waals surface area contributed by atoms with Crippen LogP contribution in [-0.4, -0.2) is 14.7 Å². The van der Waals surface area contributed by atoms with E-state index in [1.165, 1.54) is 9.91 Å². The van der Waals surface area contributed by atoms with Crippen LogP contribution < -0.4 is 8.70 Å². The van der Waals surface area contributed by atoms with Crippen molar-refractivity contribution in [1.82, 2.24) is 0 Å². The molecule has 0 saturated carbocycles. The maximum atomic E-state index is 2.42. The zero-order chi connectivity index (χ0) is 10.1. The van der Waals surface area contributed by atoms with Crippen LogP contribution in [0.5, 0.6) is 0 Å². The summed E-state index contributed by atoms with van der Waals surface area (Å²) in [5.74, 6) is 0. The fraction of sp³-hybridized carbons (Fsp3) is 0. The molecule has 3 rings (SSSR count). The molecule has 1 aliphatic rings. The van der Waals surface area contributed by atoms with E-state index in [1.807, 2.05) is 0 Å². The topological polar surface area (TPSA) is 0 Å². The summed E-state index contributed by atoms with van der Waals surface area (Å²) in [6.45, 7) is 0. The molecule has 0 fully saturated rings. The SMILES string of the molecule is C1=C[As](c2ccccc2)c2ccccc21. The van der Waals surface area contributed by atoms with Crippen LogP contribution in [0.1, 0.15) is 5.56 Å². The summed E-state index contributed by atoms with van der Waals surface area (Å²) in [6.07, 6.45) is 2.28. The summed E-state index contributed by atoms with van der Waals surface area (Å²) >= 11 is -1.09. The quantitative estimate of drug-likeness (QED) is 0.681. The molecule has 0 aliphatic carbocycles. The second-order valence-corrected chi connectivity index (χ2v) is 7.85. The van der Waals surface area contributed by atoms with Gasteiger partial charge in [0, 0.05) is 0 Å². The number of hydrogen-bond donors (Lipinski definition) is 0. The fourth-order valence-corrected chi connectivity index (χ4v) is 6.28. The number of benzene rings is 2. The van der Waals surface area contributed by atoms with Gasteiger partial charge in [0.25, 0.3) is 0 Å². The maximum absolute atomic E-state index is 2.42. The van der Waals surface area contributed by atoms with Crippen molar-refractivity contribution in [3.05, 3.63) is 65.0 Å². The Morgan fingerprint density at radius 2 is 1.47 bits per heavy atom. The molecule has 2 aromatic rings. The summed E-state index contributed by atoms with van der Waals surface area (Å²) in [4.78, 5) is 2.42. The third kappa shape index (κ3) is 1.55. The van der Waals surface area contributed by atoms with Crippen molar-refractivity contribution in [2.24, 2.45) is 0 Å². The van der Waals surface area contributed by atoms with Crippen LogP contribution >= 0.6 is 0 Å². The Kier molecular flexibility index (Phi) is 2.23. The van der Waals surface area contributed by atoms with Crippen LogP contribution in [-0.2, 0) is 0 Å². The Morgan fingerprint density at radius 1 is 0.733 bits per heavy atom. The summed E-state index contributed by atoms with van der Waals surface area (Å²) in [6, 6.07) is 19.6. The van der Waals surface area contributed by atoms with E-state index in [2.05, 4.69) is 65.5 Å². The Morgan fingerprint density at radius 3 is 2.33 bits per heavy atom. The van der Waals surface area contributed by atoms with E-state index in [0.717, 1.165) is 0 Å². The van der Waals surface area contributed by atoms with E-state index < -0.39 is 14.7 Å². The first-order chi connectivity index (χ1) is 7.45. The first-order valence-electron chi connectivity index (χ1n) is 5.07. The molecular formula is C14H11As. The van der Waals surface area contributed by atoms with Crippen molar-refractivity contribution >= 4 is 29.4 Å². The van der Waals surface area contributed by atoms with Crippen molar-refractivity contribution in [3.63, 3.8) is 0 Å². The summed E-state index contributed by atoms with van der Waals surface area (Å²) < 4.78 is 3.09. The van der Waals surface area contributed by atoms with Gasteiger partial charge in [0.05, 0.1) is 0 Å². The van der Waals surface area contributed by atoms with E-state index in [0.29, 0.717) is 0 Å². The molecule has 0 N–H and O–H groups in total. The van der Waals surface area contributed by atoms with E-state index in [-0.39, 0.29) is 0 Å². The minimum atomic E-state index is -1.09.